The van der Waals surface area contributed by atoms with Crippen molar-refractivity contribution in [1.29, 1.82) is 0 Å². The molecule has 0 fully saturated rings. The van der Waals surface area contributed by atoms with E-state index in [9.17, 15) is 0 Å². The predicted octanol–water partition coefficient (Wildman–Crippen LogP) is 26.8. The Morgan fingerprint density at radius 1 is 0.252 bits per heavy atom. The largest absolute Gasteiger partial charge is 0.456 e. The van der Waals surface area contributed by atoms with Gasteiger partial charge in [0.05, 0.1) is 11.0 Å². The number of aromatic nitrogens is 5. The van der Waals surface area contributed by atoms with E-state index in [4.69, 9.17) is 44.2 Å². The molecule has 107 heavy (non-hydrogen) atoms. The molecule has 24 rings (SSSR count). The van der Waals surface area contributed by atoms with Gasteiger partial charge in [-0.1, -0.05) is 230 Å². The lowest BCUT2D eigenvalue weighted by atomic mass is 9.99. The van der Waals surface area contributed by atoms with E-state index in [0.717, 1.165) is 144 Å². The summed E-state index contributed by atoms with van der Waals surface area (Å²) in [6.07, 6.45) is 1.06. The molecule has 9 nitrogen and oxygen atoms in total. The number of halogens is 1. The minimum absolute atomic E-state index is 0.296. The molecule has 0 amide bonds. The molecule has 0 saturated heterocycles. The fourth-order valence-corrected chi connectivity index (χ4v) is 16.4. The Hall–Kier alpha value is -14.0. The molecule has 16 aromatic carbocycles. The van der Waals surface area contributed by atoms with Gasteiger partial charge in [-0.05, 0) is 203 Å². The Morgan fingerprint density at radius 2 is 0.607 bits per heavy atom. The van der Waals surface area contributed by atoms with Crippen molar-refractivity contribution in [3.63, 3.8) is 0 Å². The lowest BCUT2D eigenvalue weighted by molar-refractivity contribution is 0.662. The molecule has 0 unspecified atom stereocenters. The maximum atomic E-state index is 6.82. The van der Waals surface area contributed by atoms with Crippen LogP contribution >= 0.6 is 11.6 Å². The van der Waals surface area contributed by atoms with Crippen molar-refractivity contribution in [3.8, 4) is 62.0 Å². The third-order valence-electron chi connectivity index (χ3n) is 21.4. The van der Waals surface area contributed by atoms with Gasteiger partial charge in [-0.15, -0.1) is 0 Å². The molecule has 1 aliphatic carbocycles. The van der Waals surface area contributed by atoms with Crippen LogP contribution in [0.4, 0.5) is 0 Å². The molecule has 10 heteroatoms. The molecule has 7 heterocycles. The highest BCUT2D eigenvalue weighted by Crippen LogP contribution is 2.45. The van der Waals surface area contributed by atoms with Gasteiger partial charge in [-0.25, -0.2) is 19.9 Å². The zero-order valence-corrected chi connectivity index (χ0v) is 57.9. The predicted molar refractivity (Wildman–Crippen MR) is 439 cm³/mol. The molecule has 0 atom stereocenters. The SMILES string of the molecule is Clc1nc(-c2ccc3oc4ccccc4c3c2)nc2c1oc1ccc(-c3ccccc3)cc12.c1ccc(-c2ccc3oc4c(-n5c6cc7ccccc7cc6c6cc7ccccc7cc65)nc(-c5ccc6oc7ccccc7c6c5)nc4c3c2)cc1.c1ccc2cc3c(cc2c1)Cc1cc2ccccc2cc1-3. The van der Waals surface area contributed by atoms with Crippen LogP contribution in [0.25, 0.3) is 215 Å². The fourth-order valence-electron chi connectivity index (χ4n) is 16.2. The standard InChI is InChI=1S/C48H27N3O2.C28H15ClN2O2.C21H14/c1-2-10-28(11-3-1)33-18-20-44-39(24-33)45-46(53-44)48(50-47(49-45)34-19-21-43-38(25-34)35-16-8-9-17-42(35)52-43)51-40-26-31-14-6-4-12-29(31)22-36(40)37-23-30-13-5-7-15-32(30)27-41(37)51;29-27-26-25(21-14-17(10-12-24(21)33-26)16-6-2-1-3-7-16)30-28(31-27)18-11-13-23-20(15-18)19-8-4-5-9-22(19)32-23;1-3-7-16-12-20-18(9-14(16)5-1)11-19-10-15-6-2-4-8-17(15)13-21(19)20/h1-27H;1-15H;1-10,12-13H,11H2. The molecule has 1 aliphatic rings. The van der Waals surface area contributed by atoms with Gasteiger partial charge >= 0.3 is 0 Å². The molecule has 0 aliphatic heterocycles. The number of para-hydroxylation sites is 2. The molecule has 7 aromatic heterocycles. The minimum atomic E-state index is 0.296. The number of furan rings is 4. The number of hydrogen-bond donors (Lipinski definition) is 0. The summed E-state index contributed by atoms with van der Waals surface area (Å²) in [5.74, 6) is 1.86. The molecular formula is C97H56ClN5O4. The third-order valence-corrected chi connectivity index (χ3v) is 21.6. The minimum Gasteiger partial charge on any atom is -0.456 e. The normalized spacial score (nSPS) is 12.1. The van der Waals surface area contributed by atoms with E-state index >= 15 is 0 Å². The van der Waals surface area contributed by atoms with Crippen LogP contribution < -0.4 is 0 Å². The number of rotatable bonds is 5. The van der Waals surface area contributed by atoms with Crippen molar-refractivity contribution in [3.05, 3.63) is 344 Å². The smallest absolute Gasteiger partial charge is 0.197 e. The van der Waals surface area contributed by atoms with Crippen molar-refractivity contribution >= 4 is 165 Å². The second-order valence-corrected chi connectivity index (χ2v) is 28.1. The first kappa shape index (κ1) is 60.6. The average molecular weight is 1390 g/mol. The monoisotopic (exact) mass is 1390 g/mol. The molecule has 500 valence electrons. The summed E-state index contributed by atoms with van der Waals surface area (Å²) in [6, 6.07) is 114. The van der Waals surface area contributed by atoms with Crippen LogP contribution in [0, 0.1) is 0 Å². The van der Waals surface area contributed by atoms with Crippen molar-refractivity contribution < 1.29 is 17.7 Å². The summed E-state index contributed by atoms with van der Waals surface area (Å²) < 4.78 is 27.3. The van der Waals surface area contributed by atoms with Gasteiger partial charge in [0.1, 0.15) is 44.5 Å². The average Bonchev–Trinajstić information content (AvgIpc) is 1.57. The van der Waals surface area contributed by atoms with Gasteiger partial charge in [-0.3, -0.25) is 4.57 Å². The van der Waals surface area contributed by atoms with Crippen LogP contribution in [0.2, 0.25) is 5.15 Å². The van der Waals surface area contributed by atoms with Crippen LogP contribution in [-0.4, -0.2) is 24.5 Å². The lowest BCUT2D eigenvalue weighted by Crippen LogP contribution is -2.02. The van der Waals surface area contributed by atoms with Gasteiger partial charge in [0.2, 0.25) is 0 Å². The van der Waals surface area contributed by atoms with E-state index in [0.29, 0.717) is 39.3 Å². The molecule has 0 spiro atoms. The summed E-state index contributed by atoms with van der Waals surface area (Å²) in [7, 11) is 0. The van der Waals surface area contributed by atoms with Gasteiger partial charge < -0.3 is 17.7 Å². The quantitative estimate of drug-likeness (QED) is 0.157. The van der Waals surface area contributed by atoms with Crippen molar-refractivity contribution in [2.24, 2.45) is 0 Å². The van der Waals surface area contributed by atoms with Crippen LogP contribution in [0.5, 0.6) is 0 Å². The van der Waals surface area contributed by atoms with Crippen molar-refractivity contribution in [2.75, 3.05) is 0 Å². The number of nitrogens with zero attached hydrogens (tertiary/aromatic N) is 5. The Morgan fingerprint density at radius 3 is 1.08 bits per heavy atom. The molecule has 0 N–H and O–H groups in total. The van der Waals surface area contributed by atoms with E-state index in [2.05, 4.69) is 246 Å². The Bertz CT molecular complexity index is 7460. The van der Waals surface area contributed by atoms with E-state index in [1.807, 2.05) is 91.0 Å². The van der Waals surface area contributed by atoms with Crippen LogP contribution in [0.3, 0.4) is 0 Å². The summed E-state index contributed by atoms with van der Waals surface area (Å²) in [5.41, 5.74) is 21.6. The highest BCUT2D eigenvalue weighted by atomic mass is 35.5. The molecule has 0 radical (unpaired) electrons. The topological polar surface area (TPSA) is 109 Å². The molecular weight excluding hydrogens is 1330 g/mol. The molecule has 0 bridgehead atoms. The summed E-state index contributed by atoms with van der Waals surface area (Å²) in [5, 5.41) is 18.7. The molecule has 23 aromatic rings. The second-order valence-electron chi connectivity index (χ2n) is 27.7. The first-order valence-corrected chi connectivity index (χ1v) is 36.2. The second kappa shape index (κ2) is 24.1. The zero-order chi connectivity index (χ0) is 70.4. The van der Waals surface area contributed by atoms with Crippen molar-refractivity contribution in [1.82, 2.24) is 24.5 Å². The highest BCUT2D eigenvalue weighted by Gasteiger charge is 2.26. The fraction of sp³-hybridized carbons (Fsp3) is 0.0103. The Labute approximate surface area is 615 Å². The Kier molecular flexibility index (Phi) is 13.6. The Balaban J connectivity index is 0.000000111. The zero-order valence-electron chi connectivity index (χ0n) is 57.1. The van der Waals surface area contributed by atoms with Crippen LogP contribution in [0.15, 0.2) is 345 Å². The van der Waals surface area contributed by atoms with E-state index in [1.54, 1.807) is 0 Å². The summed E-state index contributed by atoms with van der Waals surface area (Å²) in [6.45, 7) is 0. The summed E-state index contributed by atoms with van der Waals surface area (Å²) in [4.78, 5) is 20.2. The van der Waals surface area contributed by atoms with Gasteiger partial charge in [0, 0.05) is 54.2 Å². The number of fused-ring (bicyclic) bond motifs is 22. The molecule has 0 saturated carbocycles. The maximum absolute atomic E-state index is 6.82. The number of benzene rings is 16. The first-order chi connectivity index (χ1) is 52.9. The highest BCUT2D eigenvalue weighted by molar-refractivity contribution is 6.34. The van der Waals surface area contributed by atoms with Crippen molar-refractivity contribution in [2.45, 2.75) is 6.42 Å². The van der Waals surface area contributed by atoms with Gasteiger partial charge in [0.15, 0.2) is 33.8 Å². The van der Waals surface area contributed by atoms with E-state index < -0.39 is 0 Å². The lowest BCUT2D eigenvalue weighted by Gasteiger charge is -2.11. The summed E-state index contributed by atoms with van der Waals surface area (Å²) >= 11 is 6.57. The van der Waals surface area contributed by atoms with Gasteiger partial charge in [-0.2, -0.15) is 0 Å². The maximum Gasteiger partial charge on any atom is 0.197 e. The van der Waals surface area contributed by atoms with Crippen LogP contribution in [0.1, 0.15) is 11.1 Å². The first-order valence-electron chi connectivity index (χ1n) is 35.8. The van der Waals surface area contributed by atoms with E-state index in [-0.39, 0.29) is 0 Å². The van der Waals surface area contributed by atoms with Crippen LogP contribution in [-0.2, 0) is 6.42 Å². The third kappa shape index (κ3) is 10.1. The van der Waals surface area contributed by atoms with E-state index in [1.165, 1.54) is 54.6 Å². The number of hydrogen-bond acceptors (Lipinski definition) is 8. The van der Waals surface area contributed by atoms with Gasteiger partial charge in [0.25, 0.3) is 0 Å².